The van der Waals surface area contributed by atoms with Crippen LogP contribution >= 0.6 is 10.6 Å². The van der Waals surface area contributed by atoms with Crippen molar-refractivity contribution in [2.24, 2.45) is 11.8 Å². The van der Waals surface area contributed by atoms with Crippen LogP contribution in [0.3, 0.4) is 0 Å². The second-order valence-corrected chi connectivity index (χ2v) is 11.1. The molecule has 9 nitrogen and oxygen atoms in total. The lowest BCUT2D eigenvalue weighted by Crippen LogP contribution is -2.24. The van der Waals surface area contributed by atoms with Crippen LogP contribution in [0.2, 0.25) is 0 Å². The molecule has 3 aromatic rings. The number of hydrogen-bond acceptors (Lipinski definition) is 7. The first-order chi connectivity index (χ1) is 15.4. The van der Waals surface area contributed by atoms with Crippen LogP contribution < -0.4 is 10.6 Å². The Labute approximate surface area is 188 Å². The van der Waals surface area contributed by atoms with E-state index in [4.69, 9.17) is 5.10 Å². The van der Waals surface area contributed by atoms with Crippen LogP contribution in [-0.4, -0.2) is 53.3 Å². The van der Waals surface area contributed by atoms with E-state index in [1.54, 1.807) is 12.4 Å². The molecule has 1 saturated heterocycles. The lowest BCUT2D eigenvalue weighted by Gasteiger charge is -2.39. The van der Waals surface area contributed by atoms with E-state index in [0.29, 0.717) is 23.2 Å². The van der Waals surface area contributed by atoms with Crippen molar-refractivity contribution in [1.82, 2.24) is 19.7 Å². The number of nitrogens with zero attached hydrogens (tertiary/aromatic N) is 4. The molecule has 1 aliphatic carbocycles. The Bertz CT molecular complexity index is 1150. The van der Waals surface area contributed by atoms with Crippen molar-refractivity contribution in [2.45, 2.75) is 32.2 Å². The van der Waals surface area contributed by atoms with E-state index >= 15 is 0 Å². The van der Waals surface area contributed by atoms with Gasteiger partial charge in [0.15, 0.2) is 0 Å². The van der Waals surface area contributed by atoms with Crippen molar-refractivity contribution in [3.05, 3.63) is 30.7 Å². The zero-order chi connectivity index (χ0) is 22.3. The van der Waals surface area contributed by atoms with E-state index in [9.17, 15) is 13.9 Å². The van der Waals surface area contributed by atoms with Gasteiger partial charge >= 0.3 is 0 Å². The average molecular weight is 457 g/mol. The molecule has 0 spiro atoms. The second-order valence-electron chi connectivity index (χ2n) is 8.73. The molecule has 5 rings (SSSR count). The minimum atomic E-state index is -2.37. The number of fused-ring (bicyclic) bond motifs is 1. The third-order valence-electron chi connectivity index (χ3n) is 6.28. The van der Waals surface area contributed by atoms with Crippen LogP contribution in [0.1, 0.15) is 25.7 Å². The number of rotatable bonds is 6. The van der Waals surface area contributed by atoms with Gasteiger partial charge in [0.25, 0.3) is 0 Å². The van der Waals surface area contributed by atoms with Gasteiger partial charge in [0.1, 0.15) is 11.6 Å². The quantitative estimate of drug-likeness (QED) is 0.441. The fraction of sp³-hybridized carbons (Fsp3) is 0.455. The maximum Gasteiger partial charge on any atom is 0.228 e. The third-order valence-corrected chi connectivity index (χ3v) is 8.06. The Kier molecular flexibility index (Phi) is 5.52. The summed E-state index contributed by atoms with van der Waals surface area (Å²) in [6, 6.07) is 3.85. The first-order valence-electron chi connectivity index (χ1n) is 11.0. The molecule has 1 amide bonds. The summed E-state index contributed by atoms with van der Waals surface area (Å²) in [5.74, 6) is 2.73. The maximum absolute atomic E-state index is 12.2. The number of hydrogen-bond donors (Lipinski definition) is 4. The normalized spacial score (nSPS) is 19.6. The summed E-state index contributed by atoms with van der Waals surface area (Å²) in [7, 11) is -0.553. The molecule has 170 valence electrons. The summed E-state index contributed by atoms with van der Waals surface area (Å²) in [6.45, 7) is 0.750. The Morgan fingerprint density at radius 3 is 2.66 bits per heavy atom. The van der Waals surface area contributed by atoms with Gasteiger partial charge < -0.3 is 10.6 Å². The highest BCUT2D eigenvalue weighted by atomic mass is 32.3. The van der Waals surface area contributed by atoms with E-state index in [-0.39, 0.29) is 11.8 Å². The van der Waals surface area contributed by atoms with Gasteiger partial charge in [-0.1, -0.05) is 0 Å². The molecule has 0 bridgehead atoms. The van der Waals surface area contributed by atoms with Crippen LogP contribution in [-0.2, 0) is 11.3 Å². The Morgan fingerprint density at radius 2 is 1.94 bits per heavy atom. The van der Waals surface area contributed by atoms with Gasteiger partial charge in [-0.2, -0.15) is 15.7 Å². The topological polar surface area (TPSA) is 125 Å². The molecule has 2 aliphatic rings. The van der Waals surface area contributed by atoms with Gasteiger partial charge in [-0.15, -0.1) is 0 Å². The van der Waals surface area contributed by atoms with Gasteiger partial charge in [0.2, 0.25) is 5.91 Å². The SMILES string of the molecule is CNc1ncc(-c2ccn(CC3CCS(O)(O)CC3)n2)c2cc(NC(=O)C3CC3)ncc12. The monoisotopic (exact) mass is 456 g/mol. The number of nitrogens with one attached hydrogen (secondary N) is 2. The molecular weight excluding hydrogens is 428 g/mol. The minimum Gasteiger partial charge on any atom is -0.373 e. The van der Waals surface area contributed by atoms with Crippen molar-refractivity contribution in [3.8, 4) is 11.3 Å². The number of pyridine rings is 2. The Morgan fingerprint density at radius 1 is 1.16 bits per heavy atom. The maximum atomic E-state index is 12.2. The van der Waals surface area contributed by atoms with Gasteiger partial charge in [-0.3, -0.25) is 18.6 Å². The molecule has 4 heterocycles. The second kappa shape index (κ2) is 8.34. The van der Waals surface area contributed by atoms with E-state index < -0.39 is 10.6 Å². The predicted molar refractivity (Wildman–Crippen MR) is 127 cm³/mol. The summed E-state index contributed by atoms with van der Waals surface area (Å²) in [5, 5.41) is 12.6. The number of aromatic nitrogens is 4. The summed E-state index contributed by atoms with van der Waals surface area (Å²) in [6.07, 6.45) is 8.96. The van der Waals surface area contributed by atoms with Gasteiger partial charge in [0, 0.05) is 65.9 Å². The molecule has 4 N–H and O–H groups in total. The van der Waals surface area contributed by atoms with E-state index in [1.807, 2.05) is 30.1 Å². The number of anilines is 2. The number of carbonyl (C=O) groups excluding carboxylic acids is 1. The highest BCUT2D eigenvalue weighted by molar-refractivity contribution is 8.24. The molecular formula is C22H28N6O3S. The first-order valence-corrected chi connectivity index (χ1v) is 12.8. The van der Waals surface area contributed by atoms with Gasteiger partial charge in [0.05, 0.1) is 5.69 Å². The van der Waals surface area contributed by atoms with Crippen molar-refractivity contribution in [3.63, 3.8) is 0 Å². The smallest absolute Gasteiger partial charge is 0.228 e. The zero-order valence-electron chi connectivity index (χ0n) is 18.0. The standard InChI is InChI=1S/C22H28N6O3S/c1-23-21-18-12-24-20(26-22(29)15-2-3-15)10-16(18)17(11-25-21)19-4-7-28(27-19)13-14-5-8-32(30,31)9-6-14/h4,7,10-12,14-15,30-31H,2-3,5-6,8-9,13H2,1H3,(H,23,25)(H,24,26,29). The highest BCUT2D eigenvalue weighted by Gasteiger charge is 2.30. The molecule has 0 radical (unpaired) electrons. The Hall–Kier alpha value is -2.69. The van der Waals surface area contributed by atoms with Crippen molar-refractivity contribution in [2.75, 3.05) is 29.2 Å². The van der Waals surface area contributed by atoms with Crippen molar-refractivity contribution >= 4 is 38.9 Å². The van der Waals surface area contributed by atoms with Crippen LogP contribution in [0.5, 0.6) is 0 Å². The zero-order valence-corrected chi connectivity index (χ0v) is 18.8. The molecule has 0 atom stereocenters. The van der Waals surface area contributed by atoms with Crippen molar-refractivity contribution < 1.29 is 13.9 Å². The van der Waals surface area contributed by atoms with Gasteiger partial charge in [-0.05, 0) is 43.7 Å². The van der Waals surface area contributed by atoms with Crippen molar-refractivity contribution in [1.29, 1.82) is 0 Å². The molecule has 1 aliphatic heterocycles. The summed E-state index contributed by atoms with van der Waals surface area (Å²) >= 11 is 0. The molecule has 3 aromatic heterocycles. The largest absolute Gasteiger partial charge is 0.373 e. The molecule has 10 heteroatoms. The average Bonchev–Trinajstić information content (AvgIpc) is 3.54. The van der Waals surface area contributed by atoms with Crippen LogP contribution in [0.15, 0.2) is 30.7 Å². The van der Waals surface area contributed by atoms with Crippen LogP contribution in [0.25, 0.3) is 22.0 Å². The fourth-order valence-corrected chi connectivity index (χ4v) is 5.82. The third kappa shape index (κ3) is 4.43. The lowest BCUT2D eigenvalue weighted by molar-refractivity contribution is -0.117. The molecule has 0 aromatic carbocycles. The van der Waals surface area contributed by atoms with Gasteiger partial charge in [-0.25, -0.2) is 9.97 Å². The number of amides is 1. The molecule has 1 saturated carbocycles. The van der Waals surface area contributed by atoms with Crippen LogP contribution in [0.4, 0.5) is 11.6 Å². The summed E-state index contributed by atoms with van der Waals surface area (Å²) in [4.78, 5) is 21.1. The molecule has 2 fully saturated rings. The van der Waals surface area contributed by atoms with Crippen LogP contribution in [0, 0.1) is 11.8 Å². The van der Waals surface area contributed by atoms with E-state index in [2.05, 4.69) is 20.6 Å². The number of carbonyl (C=O) groups is 1. The van der Waals surface area contributed by atoms with E-state index in [0.717, 1.165) is 60.1 Å². The lowest BCUT2D eigenvalue weighted by atomic mass is 10.0. The molecule has 32 heavy (non-hydrogen) atoms. The summed E-state index contributed by atoms with van der Waals surface area (Å²) in [5.41, 5.74) is 1.68. The predicted octanol–water partition coefficient (Wildman–Crippen LogP) is 4.04. The minimum absolute atomic E-state index is 0.0228. The Balaban J connectivity index is 1.42. The fourth-order valence-electron chi connectivity index (χ4n) is 4.19. The molecule has 0 unspecified atom stereocenters. The summed E-state index contributed by atoms with van der Waals surface area (Å²) < 4.78 is 21.6. The first kappa shape index (κ1) is 21.2. The van der Waals surface area contributed by atoms with E-state index in [1.165, 1.54) is 0 Å². The highest BCUT2D eigenvalue weighted by Crippen LogP contribution is 2.46.